The molecule has 1 aliphatic rings. The molecule has 3 rings (SSSR count). The van der Waals surface area contributed by atoms with Gasteiger partial charge in [-0.25, -0.2) is 4.98 Å². The van der Waals surface area contributed by atoms with Crippen LogP contribution in [-0.4, -0.2) is 33.3 Å². The Labute approximate surface area is 114 Å². The lowest BCUT2D eigenvalue weighted by molar-refractivity contribution is 0.726. The first-order chi connectivity index (χ1) is 8.83. The molecule has 0 saturated carbocycles. The van der Waals surface area contributed by atoms with Crippen LogP contribution in [0.25, 0.3) is 11.5 Å². The summed E-state index contributed by atoms with van der Waals surface area (Å²) in [6.07, 6.45) is 5.20. The van der Waals surface area contributed by atoms with E-state index in [1.54, 1.807) is 11.3 Å². The van der Waals surface area contributed by atoms with Crippen LogP contribution in [-0.2, 0) is 0 Å². The molecule has 0 spiro atoms. The van der Waals surface area contributed by atoms with Crippen LogP contribution in [0.15, 0.2) is 5.38 Å². The van der Waals surface area contributed by atoms with Gasteiger partial charge in [-0.05, 0) is 25.1 Å². The van der Waals surface area contributed by atoms with E-state index in [2.05, 4.69) is 25.1 Å². The highest BCUT2D eigenvalue weighted by atomic mass is 32.1. The summed E-state index contributed by atoms with van der Waals surface area (Å²) in [4.78, 5) is 11.2. The molecular weight excluding hydrogens is 266 g/mol. The fraction of sp³-hybridized carbons (Fsp3) is 0.545. The summed E-state index contributed by atoms with van der Waals surface area (Å²) < 4.78 is 0.467. The number of aromatic nitrogens is 4. The second-order valence-electron chi connectivity index (χ2n) is 4.43. The normalized spacial score (nSPS) is 16.8. The zero-order chi connectivity index (χ0) is 12.4. The fourth-order valence-corrected chi connectivity index (χ4v) is 3.18. The van der Waals surface area contributed by atoms with E-state index in [-0.39, 0.29) is 0 Å². The molecule has 0 aromatic carbocycles. The molecule has 5 nitrogen and oxygen atoms in total. The predicted octanol–water partition coefficient (Wildman–Crippen LogP) is 2.97. The highest BCUT2D eigenvalue weighted by Crippen LogP contribution is 2.27. The Hall–Kier alpha value is -1.21. The summed E-state index contributed by atoms with van der Waals surface area (Å²) in [7, 11) is 0. The van der Waals surface area contributed by atoms with E-state index in [1.165, 1.54) is 25.7 Å². The summed E-state index contributed by atoms with van der Waals surface area (Å²) in [6, 6.07) is 0. The maximum atomic E-state index is 4.95. The molecule has 0 atom stereocenters. The van der Waals surface area contributed by atoms with E-state index in [9.17, 15) is 0 Å². The van der Waals surface area contributed by atoms with Crippen LogP contribution in [0.4, 0.5) is 5.13 Å². The van der Waals surface area contributed by atoms with Crippen molar-refractivity contribution < 1.29 is 0 Å². The van der Waals surface area contributed by atoms with Crippen molar-refractivity contribution in [2.75, 3.05) is 18.0 Å². The fourth-order valence-electron chi connectivity index (χ4n) is 2.17. The Morgan fingerprint density at radius 3 is 2.56 bits per heavy atom. The zero-order valence-electron chi connectivity index (χ0n) is 9.98. The van der Waals surface area contributed by atoms with Crippen molar-refractivity contribution in [1.82, 2.24) is 20.2 Å². The van der Waals surface area contributed by atoms with Gasteiger partial charge >= 0.3 is 0 Å². The maximum Gasteiger partial charge on any atom is 0.213 e. The number of hydrogen-bond acceptors (Lipinski definition) is 5. The van der Waals surface area contributed by atoms with Crippen LogP contribution in [0.3, 0.4) is 0 Å². The van der Waals surface area contributed by atoms with Crippen molar-refractivity contribution in [2.45, 2.75) is 25.7 Å². The van der Waals surface area contributed by atoms with Crippen LogP contribution in [0.1, 0.15) is 25.7 Å². The Morgan fingerprint density at radius 2 is 1.89 bits per heavy atom. The lowest BCUT2D eigenvalue weighted by atomic mass is 10.2. The molecule has 3 heterocycles. The molecule has 1 fully saturated rings. The van der Waals surface area contributed by atoms with Crippen LogP contribution in [0.2, 0.25) is 0 Å². The smallest absolute Gasteiger partial charge is 0.213 e. The van der Waals surface area contributed by atoms with Crippen molar-refractivity contribution in [3.8, 4) is 11.5 Å². The third-order valence-corrected chi connectivity index (χ3v) is 4.21. The lowest BCUT2D eigenvalue weighted by Crippen LogP contribution is -2.23. The quantitative estimate of drug-likeness (QED) is 0.831. The van der Waals surface area contributed by atoms with Gasteiger partial charge in [0.25, 0.3) is 0 Å². The van der Waals surface area contributed by atoms with Crippen LogP contribution < -0.4 is 4.90 Å². The molecule has 0 radical (unpaired) electrons. The van der Waals surface area contributed by atoms with Gasteiger partial charge in [0.1, 0.15) is 5.69 Å². The van der Waals surface area contributed by atoms with E-state index in [0.717, 1.165) is 29.7 Å². The highest BCUT2D eigenvalue weighted by molar-refractivity contribution is 7.71. The molecule has 2 aromatic heterocycles. The SMILES string of the molecule is S=c1nc(-c2csc(N3CCCCCC3)n2)[nH][nH]1. The number of aromatic amines is 2. The first-order valence-electron chi connectivity index (χ1n) is 6.18. The van der Waals surface area contributed by atoms with Crippen LogP contribution in [0.5, 0.6) is 0 Å². The van der Waals surface area contributed by atoms with Gasteiger partial charge in [0.05, 0.1) is 0 Å². The van der Waals surface area contributed by atoms with E-state index >= 15 is 0 Å². The summed E-state index contributed by atoms with van der Waals surface area (Å²) in [6.45, 7) is 2.23. The Balaban J connectivity index is 1.82. The lowest BCUT2D eigenvalue weighted by Gasteiger charge is -2.18. The number of nitrogens with zero attached hydrogens (tertiary/aromatic N) is 3. The molecule has 2 N–H and O–H groups in total. The maximum absolute atomic E-state index is 4.95. The van der Waals surface area contributed by atoms with Gasteiger partial charge in [0.15, 0.2) is 11.0 Å². The van der Waals surface area contributed by atoms with E-state index in [0.29, 0.717) is 4.77 Å². The minimum atomic E-state index is 0.467. The Bertz CT molecular complexity index is 562. The molecule has 0 aliphatic carbocycles. The van der Waals surface area contributed by atoms with E-state index in [1.807, 2.05) is 5.38 Å². The number of H-pyrrole nitrogens is 2. The van der Waals surface area contributed by atoms with Crippen molar-refractivity contribution >= 4 is 28.7 Å². The molecule has 1 aliphatic heterocycles. The summed E-state index contributed by atoms with van der Waals surface area (Å²) in [5.74, 6) is 0.720. The van der Waals surface area contributed by atoms with E-state index in [4.69, 9.17) is 12.2 Å². The predicted molar refractivity (Wildman–Crippen MR) is 75.6 cm³/mol. The van der Waals surface area contributed by atoms with Gasteiger partial charge in [-0.1, -0.05) is 12.8 Å². The molecule has 7 heteroatoms. The van der Waals surface area contributed by atoms with Gasteiger partial charge in [-0.2, -0.15) is 4.98 Å². The van der Waals surface area contributed by atoms with Crippen LogP contribution >= 0.6 is 23.6 Å². The average Bonchev–Trinajstić information content (AvgIpc) is 2.92. The van der Waals surface area contributed by atoms with Crippen molar-refractivity contribution in [3.63, 3.8) is 0 Å². The molecular formula is C11H15N5S2. The number of rotatable bonds is 2. The monoisotopic (exact) mass is 281 g/mol. The first-order valence-corrected chi connectivity index (χ1v) is 7.47. The second kappa shape index (κ2) is 5.19. The highest BCUT2D eigenvalue weighted by Gasteiger charge is 2.14. The summed E-state index contributed by atoms with van der Waals surface area (Å²) in [5, 5.41) is 8.85. The van der Waals surface area contributed by atoms with Crippen molar-refractivity contribution in [3.05, 3.63) is 10.2 Å². The largest absolute Gasteiger partial charge is 0.348 e. The van der Waals surface area contributed by atoms with Gasteiger partial charge in [0, 0.05) is 18.5 Å². The molecule has 2 aromatic rings. The second-order valence-corrected chi connectivity index (χ2v) is 5.66. The zero-order valence-corrected chi connectivity index (χ0v) is 11.6. The molecule has 96 valence electrons. The minimum Gasteiger partial charge on any atom is -0.348 e. The number of nitrogens with one attached hydrogen (secondary N) is 2. The van der Waals surface area contributed by atoms with Crippen LogP contribution in [0, 0.1) is 4.77 Å². The topological polar surface area (TPSA) is 60.6 Å². The third kappa shape index (κ3) is 2.46. The molecule has 0 bridgehead atoms. The minimum absolute atomic E-state index is 0.467. The summed E-state index contributed by atoms with van der Waals surface area (Å²) >= 11 is 6.63. The van der Waals surface area contributed by atoms with Gasteiger partial charge in [0.2, 0.25) is 4.77 Å². The molecule has 1 saturated heterocycles. The van der Waals surface area contributed by atoms with Gasteiger partial charge in [-0.3, -0.25) is 10.2 Å². The standard InChI is InChI=1S/C11H15N5S2/c17-10-13-9(14-15-10)8-7-18-11(12-8)16-5-3-1-2-4-6-16/h7H,1-6H2,(H2,13,14,15,17). The third-order valence-electron chi connectivity index (χ3n) is 3.11. The molecule has 18 heavy (non-hydrogen) atoms. The van der Waals surface area contributed by atoms with Crippen molar-refractivity contribution in [2.24, 2.45) is 0 Å². The number of hydrogen-bond donors (Lipinski definition) is 2. The number of anilines is 1. The Morgan fingerprint density at radius 1 is 1.11 bits per heavy atom. The van der Waals surface area contributed by atoms with Crippen molar-refractivity contribution in [1.29, 1.82) is 0 Å². The van der Waals surface area contributed by atoms with Gasteiger partial charge in [-0.15, -0.1) is 11.3 Å². The summed E-state index contributed by atoms with van der Waals surface area (Å²) in [5.41, 5.74) is 0.867. The number of thiazole rings is 1. The van der Waals surface area contributed by atoms with Gasteiger partial charge < -0.3 is 4.90 Å². The first kappa shape index (κ1) is 11.9. The van der Waals surface area contributed by atoms with E-state index < -0.39 is 0 Å². The average molecular weight is 281 g/mol. The Kier molecular flexibility index (Phi) is 3.42. The molecule has 0 unspecified atom stereocenters. The molecule has 0 amide bonds.